The molecule has 0 spiro atoms. The molecule has 1 N–H and O–H groups in total. The average molecular weight is 228 g/mol. The van der Waals surface area contributed by atoms with Gasteiger partial charge in [-0.25, -0.2) is 0 Å². The predicted molar refractivity (Wildman–Crippen MR) is 64.5 cm³/mol. The van der Waals surface area contributed by atoms with E-state index in [4.69, 9.17) is 5.26 Å². The van der Waals surface area contributed by atoms with Crippen LogP contribution in [-0.2, 0) is 4.79 Å². The smallest absolute Gasteiger partial charge is 0.237 e. The van der Waals surface area contributed by atoms with Gasteiger partial charge < -0.3 is 5.32 Å². The molecule has 3 nitrogen and oxygen atoms in total. The van der Waals surface area contributed by atoms with Gasteiger partial charge in [0, 0.05) is 6.54 Å². The number of nitrogens with zero attached hydrogens (tertiary/aromatic N) is 1. The number of carbonyl (C=O) groups is 1. The van der Waals surface area contributed by atoms with Crippen molar-refractivity contribution in [2.75, 3.05) is 18.6 Å². The van der Waals surface area contributed by atoms with E-state index < -0.39 is 5.92 Å². The third-order valence-electron chi connectivity index (χ3n) is 2.16. The molecule has 0 aromatic rings. The third kappa shape index (κ3) is 5.68. The van der Waals surface area contributed by atoms with Gasteiger partial charge in [0.15, 0.2) is 0 Å². The fourth-order valence-electron chi connectivity index (χ4n) is 1.24. The van der Waals surface area contributed by atoms with Crippen molar-refractivity contribution in [1.82, 2.24) is 5.32 Å². The summed E-state index contributed by atoms with van der Waals surface area (Å²) in [5.74, 6) is 0.896. The minimum Gasteiger partial charge on any atom is -0.355 e. The van der Waals surface area contributed by atoms with Gasteiger partial charge in [-0.05, 0) is 23.8 Å². The topological polar surface area (TPSA) is 52.9 Å². The Balaban J connectivity index is 3.98. The number of thioether (sulfide) groups is 1. The first-order valence-electron chi connectivity index (χ1n) is 5.19. The zero-order chi connectivity index (χ0) is 11.8. The number of nitrogens with one attached hydrogen (secondary N) is 1. The van der Waals surface area contributed by atoms with Crippen LogP contribution in [0.5, 0.6) is 0 Å². The second kappa shape index (κ2) is 7.58. The zero-order valence-electron chi connectivity index (χ0n) is 9.91. The molecular weight excluding hydrogens is 208 g/mol. The van der Waals surface area contributed by atoms with E-state index in [1.165, 1.54) is 0 Å². The first-order valence-corrected chi connectivity index (χ1v) is 6.58. The third-order valence-corrected chi connectivity index (χ3v) is 3.07. The van der Waals surface area contributed by atoms with Gasteiger partial charge in [0.05, 0.1) is 6.07 Å². The lowest BCUT2D eigenvalue weighted by atomic mass is 9.96. The molecule has 0 aliphatic heterocycles. The van der Waals surface area contributed by atoms with E-state index in [1.807, 2.05) is 26.2 Å². The molecule has 86 valence electrons. The van der Waals surface area contributed by atoms with Crippen LogP contribution >= 0.6 is 11.8 Å². The highest BCUT2D eigenvalue weighted by atomic mass is 32.2. The Bertz CT molecular complexity index is 235. The Morgan fingerprint density at radius 2 is 2.07 bits per heavy atom. The normalized spacial score (nSPS) is 14.4. The number of rotatable bonds is 6. The lowest BCUT2D eigenvalue weighted by molar-refractivity contribution is -0.124. The molecule has 4 heteroatoms. The van der Waals surface area contributed by atoms with Gasteiger partial charge in [-0.2, -0.15) is 17.0 Å². The molecule has 0 aromatic heterocycles. The molecule has 0 aliphatic carbocycles. The fourth-order valence-corrected chi connectivity index (χ4v) is 1.93. The lowest BCUT2D eigenvalue weighted by Crippen LogP contribution is -2.35. The molecule has 0 fully saturated rings. The largest absolute Gasteiger partial charge is 0.355 e. The Hall–Kier alpha value is -0.690. The summed E-state index contributed by atoms with van der Waals surface area (Å²) in [5, 5.41) is 11.6. The Morgan fingerprint density at radius 3 is 2.47 bits per heavy atom. The van der Waals surface area contributed by atoms with Crippen LogP contribution in [0.4, 0.5) is 0 Å². The quantitative estimate of drug-likeness (QED) is 0.755. The molecule has 0 aromatic carbocycles. The lowest BCUT2D eigenvalue weighted by Gasteiger charge is -2.15. The van der Waals surface area contributed by atoms with Gasteiger partial charge in [0.1, 0.15) is 5.92 Å². The molecule has 2 unspecified atom stereocenters. The summed E-state index contributed by atoms with van der Waals surface area (Å²) in [4.78, 5) is 11.6. The van der Waals surface area contributed by atoms with Gasteiger partial charge in [0.2, 0.25) is 5.91 Å². The van der Waals surface area contributed by atoms with Crippen molar-refractivity contribution >= 4 is 17.7 Å². The Kier molecular flexibility index (Phi) is 7.23. The maximum atomic E-state index is 11.6. The summed E-state index contributed by atoms with van der Waals surface area (Å²) in [5.41, 5.74) is 0. The summed E-state index contributed by atoms with van der Waals surface area (Å²) >= 11 is 1.77. The van der Waals surface area contributed by atoms with Gasteiger partial charge in [-0.3, -0.25) is 4.79 Å². The van der Waals surface area contributed by atoms with Crippen molar-refractivity contribution in [1.29, 1.82) is 5.26 Å². The van der Waals surface area contributed by atoms with Crippen molar-refractivity contribution < 1.29 is 4.79 Å². The van der Waals surface area contributed by atoms with Crippen molar-refractivity contribution in [2.24, 2.45) is 17.8 Å². The highest BCUT2D eigenvalue weighted by molar-refractivity contribution is 7.98. The first kappa shape index (κ1) is 14.3. The van der Waals surface area contributed by atoms with E-state index in [2.05, 4.69) is 12.2 Å². The van der Waals surface area contributed by atoms with Crippen molar-refractivity contribution in [3.63, 3.8) is 0 Å². The second-order valence-corrected chi connectivity index (χ2v) is 5.07. The molecule has 0 bridgehead atoms. The van der Waals surface area contributed by atoms with Gasteiger partial charge >= 0.3 is 0 Å². The summed E-state index contributed by atoms with van der Waals surface area (Å²) in [6, 6.07) is 2.04. The van der Waals surface area contributed by atoms with Crippen LogP contribution in [0.15, 0.2) is 0 Å². The van der Waals surface area contributed by atoms with Crippen LogP contribution in [0.2, 0.25) is 0 Å². The van der Waals surface area contributed by atoms with Gasteiger partial charge in [0.25, 0.3) is 0 Å². The zero-order valence-corrected chi connectivity index (χ0v) is 10.7. The van der Waals surface area contributed by atoms with Gasteiger partial charge in [-0.15, -0.1) is 0 Å². The maximum Gasteiger partial charge on any atom is 0.237 e. The maximum absolute atomic E-state index is 11.6. The fraction of sp³-hybridized carbons (Fsp3) is 0.818. The molecule has 1 amide bonds. The molecule has 0 saturated carbocycles. The molecule has 0 heterocycles. The molecule has 0 radical (unpaired) electrons. The van der Waals surface area contributed by atoms with E-state index in [0.29, 0.717) is 12.5 Å². The number of hydrogen-bond acceptors (Lipinski definition) is 3. The van der Waals surface area contributed by atoms with Crippen LogP contribution < -0.4 is 5.32 Å². The Morgan fingerprint density at radius 1 is 1.47 bits per heavy atom. The molecular formula is C11H20N2OS. The standard InChI is InChI=1S/C11H20N2OS/c1-8(2)10(5-12)11(14)13-6-9(3)7-15-4/h8-10H,6-7H2,1-4H3,(H,13,14). The van der Waals surface area contributed by atoms with Crippen LogP contribution in [-0.4, -0.2) is 24.5 Å². The van der Waals surface area contributed by atoms with E-state index >= 15 is 0 Å². The first-order chi connectivity index (χ1) is 7.02. The Labute approximate surface area is 96.6 Å². The molecule has 0 aliphatic rings. The molecule has 0 saturated heterocycles. The average Bonchev–Trinajstić information content (AvgIpc) is 2.15. The van der Waals surface area contributed by atoms with Crippen molar-refractivity contribution in [3.05, 3.63) is 0 Å². The summed E-state index contributed by atoms with van der Waals surface area (Å²) in [6.07, 6.45) is 2.05. The summed E-state index contributed by atoms with van der Waals surface area (Å²) < 4.78 is 0. The van der Waals surface area contributed by atoms with Crippen LogP contribution in [0.3, 0.4) is 0 Å². The highest BCUT2D eigenvalue weighted by Crippen LogP contribution is 2.10. The number of hydrogen-bond donors (Lipinski definition) is 1. The second-order valence-electron chi connectivity index (χ2n) is 4.16. The number of amides is 1. The van der Waals surface area contributed by atoms with Crippen LogP contribution in [0, 0.1) is 29.1 Å². The minimum atomic E-state index is -0.522. The van der Waals surface area contributed by atoms with Crippen molar-refractivity contribution in [3.8, 4) is 6.07 Å². The summed E-state index contributed by atoms with van der Waals surface area (Å²) in [6.45, 7) is 6.52. The van der Waals surface area contributed by atoms with E-state index in [9.17, 15) is 4.79 Å². The van der Waals surface area contributed by atoms with Gasteiger partial charge in [-0.1, -0.05) is 20.8 Å². The van der Waals surface area contributed by atoms with E-state index in [-0.39, 0.29) is 11.8 Å². The van der Waals surface area contributed by atoms with E-state index in [0.717, 1.165) is 5.75 Å². The van der Waals surface area contributed by atoms with E-state index in [1.54, 1.807) is 11.8 Å². The van der Waals surface area contributed by atoms with Crippen LogP contribution in [0.25, 0.3) is 0 Å². The monoisotopic (exact) mass is 228 g/mol. The minimum absolute atomic E-state index is 0.0749. The molecule has 2 atom stereocenters. The summed E-state index contributed by atoms with van der Waals surface area (Å²) in [7, 11) is 0. The molecule has 0 rings (SSSR count). The van der Waals surface area contributed by atoms with Crippen molar-refractivity contribution in [2.45, 2.75) is 20.8 Å². The SMILES string of the molecule is CSCC(C)CNC(=O)C(C#N)C(C)C. The highest BCUT2D eigenvalue weighted by Gasteiger charge is 2.21. The number of carbonyl (C=O) groups excluding carboxylic acids is 1. The van der Waals surface area contributed by atoms with Crippen LogP contribution in [0.1, 0.15) is 20.8 Å². The molecule has 15 heavy (non-hydrogen) atoms. The number of nitriles is 1. The predicted octanol–water partition coefficient (Wildman–Crippen LogP) is 1.90.